The van der Waals surface area contributed by atoms with Gasteiger partial charge in [-0.15, -0.1) is 0 Å². The Labute approximate surface area is 104 Å². The van der Waals surface area contributed by atoms with Crippen molar-refractivity contribution in [3.63, 3.8) is 0 Å². The molecule has 0 radical (unpaired) electrons. The first-order chi connectivity index (χ1) is 7.99. The van der Waals surface area contributed by atoms with Crippen molar-refractivity contribution >= 4 is 9.84 Å². The van der Waals surface area contributed by atoms with Crippen molar-refractivity contribution in [3.8, 4) is 0 Å². The van der Waals surface area contributed by atoms with Crippen molar-refractivity contribution in [3.05, 3.63) is 0 Å². The molecule has 1 heterocycles. The lowest BCUT2D eigenvalue weighted by atomic mass is 10.1. The van der Waals surface area contributed by atoms with Crippen molar-refractivity contribution < 1.29 is 13.2 Å². The molecular weight excluding hydrogens is 240 g/mol. The van der Waals surface area contributed by atoms with Crippen LogP contribution in [0.25, 0.3) is 0 Å². The smallest absolute Gasteiger partial charge is 0.148 e. The molecule has 0 spiro atoms. The molecule has 0 aromatic heterocycles. The van der Waals surface area contributed by atoms with Crippen LogP contribution in [0.5, 0.6) is 0 Å². The Morgan fingerprint density at radius 1 is 1.29 bits per heavy atom. The fourth-order valence-electron chi connectivity index (χ4n) is 1.95. The zero-order chi connectivity index (χ0) is 12.7. The summed E-state index contributed by atoms with van der Waals surface area (Å²) in [6.45, 7) is 4.05. The normalized spacial score (nSPS) is 18.8. The standard InChI is InChI=1S/C11H24N2O3S/c1-13(11-3-8-16-9-4-11)7-5-12-6-10-17(2,14)15/h11-12H,3-10H2,1-2H3. The third-order valence-corrected chi connectivity index (χ3v) is 4.05. The quantitative estimate of drug-likeness (QED) is 0.642. The van der Waals surface area contributed by atoms with Crippen molar-refractivity contribution in [1.29, 1.82) is 0 Å². The Balaban J connectivity index is 2.05. The zero-order valence-corrected chi connectivity index (χ0v) is 11.6. The van der Waals surface area contributed by atoms with Gasteiger partial charge >= 0.3 is 0 Å². The minimum atomic E-state index is -2.84. The molecular formula is C11H24N2O3S. The van der Waals surface area contributed by atoms with Gasteiger partial charge in [-0.2, -0.15) is 0 Å². The van der Waals surface area contributed by atoms with E-state index in [1.807, 2.05) is 0 Å². The lowest BCUT2D eigenvalue weighted by molar-refractivity contribution is 0.0434. The fraction of sp³-hybridized carbons (Fsp3) is 1.00. The summed E-state index contributed by atoms with van der Waals surface area (Å²) in [6.07, 6.45) is 3.46. The van der Waals surface area contributed by atoms with Gasteiger partial charge in [-0.3, -0.25) is 0 Å². The topological polar surface area (TPSA) is 58.6 Å². The number of rotatable bonds is 7. The first kappa shape index (κ1) is 14.9. The van der Waals surface area contributed by atoms with E-state index in [1.54, 1.807) is 0 Å². The Bertz CT molecular complexity index is 300. The van der Waals surface area contributed by atoms with Gasteiger partial charge < -0.3 is 15.0 Å². The van der Waals surface area contributed by atoms with E-state index >= 15 is 0 Å². The van der Waals surface area contributed by atoms with Gasteiger partial charge in [0, 0.05) is 45.1 Å². The second-order valence-electron chi connectivity index (χ2n) is 4.70. The number of nitrogens with zero attached hydrogens (tertiary/aromatic N) is 1. The highest BCUT2D eigenvalue weighted by Gasteiger charge is 2.17. The number of ether oxygens (including phenoxy) is 1. The SMILES string of the molecule is CN(CCNCCS(C)(=O)=O)C1CCOCC1. The number of nitrogens with one attached hydrogen (secondary N) is 1. The zero-order valence-electron chi connectivity index (χ0n) is 10.8. The summed E-state index contributed by atoms with van der Waals surface area (Å²) in [7, 11) is -0.719. The van der Waals surface area contributed by atoms with Crippen LogP contribution in [0.2, 0.25) is 0 Å². The molecule has 0 bridgehead atoms. The molecule has 5 nitrogen and oxygen atoms in total. The minimum absolute atomic E-state index is 0.216. The highest BCUT2D eigenvalue weighted by molar-refractivity contribution is 7.90. The molecule has 102 valence electrons. The van der Waals surface area contributed by atoms with Gasteiger partial charge in [-0.05, 0) is 19.9 Å². The molecule has 1 N–H and O–H groups in total. The Kier molecular flexibility index (Phi) is 6.40. The second-order valence-corrected chi connectivity index (χ2v) is 6.96. The summed E-state index contributed by atoms with van der Waals surface area (Å²) in [5, 5.41) is 3.16. The van der Waals surface area contributed by atoms with E-state index in [0.717, 1.165) is 39.1 Å². The molecule has 1 aliphatic heterocycles. The number of sulfone groups is 1. The van der Waals surface area contributed by atoms with E-state index in [-0.39, 0.29) is 5.75 Å². The van der Waals surface area contributed by atoms with E-state index in [1.165, 1.54) is 6.26 Å². The van der Waals surface area contributed by atoms with Crippen LogP contribution in [-0.2, 0) is 14.6 Å². The van der Waals surface area contributed by atoms with Crippen molar-refractivity contribution in [2.45, 2.75) is 18.9 Å². The van der Waals surface area contributed by atoms with Crippen LogP contribution in [0.3, 0.4) is 0 Å². The first-order valence-electron chi connectivity index (χ1n) is 6.15. The average molecular weight is 264 g/mol. The maximum atomic E-state index is 10.9. The highest BCUT2D eigenvalue weighted by Crippen LogP contribution is 2.11. The Morgan fingerprint density at radius 2 is 1.94 bits per heavy atom. The summed E-state index contributed by atoms with van der Waals surface area (Å²) in [5.41, 5.74) is 0. The molecule has 0 aromatic carbocycles. The first-order valence-corrected chi connectivity index (χ1v) is 8.21. The van der Waals surface area contributed by atoms with Gasteiger partial charge in [0.1, 0.15) is 9.84 Å². The van der Waals surface area contributed by atoms with Gasteiger partial charge in [0.25, 0.3) is 0 Å². The molecule has 1 saturated heterocycles. The third-order valence-electron chi connectivity index (χ3n) is 3.11. The number of hydrogen-bond donors (Lipinski definition) is 1. The monoisotopic (exact) mass is 264 g/mol. The largest absolute Gasteiger partial charge is 0.381 e. The summed E-state index contributed by atoms with van der Waals surface area (Å²) < 4.78 is 27.1. The van der Waals surface area contributed by atoms with Gasteiger partial charge in [0.2, 0.25) is 0 Å². The van der Waals surface area contributed by atoms with Crippen molar-refractivity contribution in [2.75, 3.05) is 51.9 Å². The molecule has 1 rings (SSSR count). The van der Waals surface area contributed by atoms with E-state index in [0.29, 0.717) is 12.6 Å². The molecule has 0 aromatic rings. The highest BCUT2D eigenvalue weighted by atomic mass is 32.2. The van der Waals surface area contributed by atoms with Crippen LogP contribution in [-0.4, -0.2) is 71.3 Å². The van der Waals surface area contributed by atoms with E-state index in [4.69, 9.17) is 4.74 Å². The van der Waals surface area contributed by atoms with Crippen LogP contribution in [0.4, 0.5) is 0 Å². The van der Waals surface area contributed by atoms with Gasteiger partial charge in [-0.1, -0.05) is 0 Å². The fourth-order valence-corrected chi connectivity index (χ4v) is 2.46. The van der Waals surface area contributed by atoms with Gasteiger partial charge in [0.05, 0.1) is 5.75 Å². The van der Waals surface area contributed by atoms with E-state index in [2.05, 4.69) is 17.3 Å². The molecule has 0 atom stereocenters. The van der Waals surface area contributed by atoms with E-state index in [9.17, 15) is 8.42 Å². The van der Waals surface area contributed by atoms with Gasteiger partial charge in [0.15, 0.2) is 0 Å². The second kappa shape index (κ2) is 7.31. The number of likely N-dealkylation sites (N-methyl/N-ethyl adjacent to an activating group) is 1. The average Bonchev–Trinajstić information content (AvgIpc) is 2.28. The molecule has 6 heteroatoms. The lowest BCUT2D eigenvalue weighted by Gasteiger charge is -2.31. The van der Waals surface area contributed by atoms with Gasteiger partial charge in [-0.25, -0.2) is 8.42 Å². The third kappa shape index (κ3) is 6.98. The van der Waals surface area contributed by atoms with Crippen molar-refractivity contribution in [1.82, 2.24) is 10.2 Å². The molecule has 0 aliphatic carbocycles. The van der Waals surface area contributed by atoms with Crippen LogP contribution in [0.1, 0.15) is 12.8 Å². The van der Waals surface area contributed by atoms with Crippen LogP contribution in [0, 0.1) is 0 Å². The molecule has 1 aliphatic rings. The maximum absolute atomic E-state index is 10.9. The minimum Gasteiger partial charge on any atom is -0.381 e. The van der Waals surface area contributed by atoms with E-state index < -0.39 is 9.84 Å². The molecule has 1 fully saturated rings. The van der Waals surface area contributed by atoms with Crippen LogP contribution < -0.4 is 5.32 Å². The predicted octanol–water partition coefficient (Wildman–Crippen LogP) is -0.269. The number of hydrogen-bond acceptors (Lipinski definition) is 5. The molecule has 0 saturated carbocycles. The molecule has 17 heavy (non-hydrogen) atoms. The predicted molar refractivity (Wildman–Crippen MR) is 69.1 cm³/mol. The summed E-state index contributed by atoms with van der Waals surface area (Å²) in [6, 6.07) is 0.612. The summed E-state index contributed by atoms with van der Waals surface area (Å²) in [4.78, 5) is 2.33. The Hall–Kier alpha value is -0.170. The van der Waals surface area contributed by atoms with Crippen LogP contribution in [0.15, 0.2) is 0 Å². The van der Waals surface area contributed by atoms with Crippen LogP contribution >= 0.6 is 0 Å². The molecule has 0 unspecified atom stereocenters. The molecule has 0 amide bonds. The summed E-state index contributed by atoms with van der Waals surface area (Å²) >= 11 is 0. The van der Waals surface area contributed by atoms with Crippen molar-refractivity contribution in [2.24, 2.45) is 0 Å². The maximum Gasteiger partial charge on any atom is 0.148 e. The Morgan fingerprint density at radius 3 is 2.53 bits per heavy atom. The summed E-state index contributed by atoms with van der Waals surface area (Å²) in [5.74, 6) is 0.216. The lowest BCUT2D eigenvalue weighted by Crippen LogP contribution is -2.40.